The fourth-order valence-corrected chi connectivity index (χ4v) is 3.33. The lowest BCUT2D eigenvalue weighted by molar-refractivity contribution is 0.273. The summed E-state index contributed by atoms with van der Waals surface area (Å²) in [5.74, 6) is 0.996. The zero-order valence-corrected chi connectivity index (χ0v) is 10.8. The molecule has 1 fully saturated rings. The van der Waals surface area contributed by atoms with Crippen LogP contribution in [-0.4, -0.2) is 39.1 Å². The van der Waals surface area contributed by atoms with Gasteiger partial charge < -0.3 is 10.1 Å². The Kier molecular flexibility index (Phi) is 3.91. The van der Waals surface area contributed by atoms with E-state index in [0.717, 1.165) is 0 Å². The van der Waals surface area contributed by atoms with Gasteiger partial charge in [-0.1, -0.05) is 17.7 Å². The molecule has 1 aromatic carbocycles. The van der Waals surface area contributed by atoms with Gasteiger partial charge in [0.05, 0.1) is 17.5 Å². The molecule has 94 valence electrons. The van der Waals surface area contributed by atoms with Crippen LogP contribution in [-0.2, 0) is 9.84 Å². The van der Waals surface area contributed by atoms with E-state index in [1.165, 1.54) is 0 Å². The lowest BCUT2D eigenvalue weighted by Gasteiger charge is -2.23. The number of sulfone groups is 1. The average molecular weight is 276 g/mol. The van der Waals surface area contributed by atoms with Crippen LogP contribution in [0.3, 0.4) is 0 Å². The Hall–Kier alpha value is -0.780. The van der Waals surface area contributed by atoms with E-state index in [1.54, 1.807) is 24.3 Å². The summed E-state index contributed by atoms with van der Waals surface area (Å²) in [7, 11) is -2.91. The highest BCUT2D eigenvalue weighted by atomic mass is 35.5. The molecule has 2 rings (SSSR count). The molecule has 0 bridgehead atoms. The van der Waals surface area contributed by atoms with Crippen LogP contribution in [0.2, 0.25) is 5.02 Å². The fourth-order valence-electron chi connectivity index (χ4n) is 1.73. The first-order valence-corrected chi connectivity index (χ1v) is 7.57. The third kappa shape index (κ3) is 3.87. The van der Waals surface area contributed by atoms with Crippen molar-refractivity contribution in [3.8, 4) is 5.75 Å². The van der Waals surface area contributed by atoms with E-state index in [2.05, 4.69) is 5.32 Å². The van der Waals surface area contributed by atoms with Gasteiger partial charge in [0, 0.05) is 11.6 Å². The molecule has 0 spiro atoms. The predicted octanol–water partition coefficient (Wildman–Crippen LogP) is 1.11. The van der Waals surface area contributed by atoms with Gasteiger partial charge in [-0.2, -0.15) is 0 Å². The van der Waals surface area contributed by atoms with Crippen molar-refractivity contribution < 1.29 is 13.2 Å². The van der Waals surface area contributed by atoms with Gasteiger partial charge in [0.15, 0.2) is 9.84 Å². The molecule has 0 aromatic heterocycles. The quantitative estimate of drug-likeness (QED) is 0.898. The van der Waals surface area contributed by atoms with Crippen molar-refractivity contribution in [3.05, 3.63) is 29.3 Å². The molecule has 1 N–H and O–H groups in total. The first-order chi connectivity index (χ1) is 8.05. The lowest BCUT2D eigenvalue weighted by atomic mass is 10.3. The first-order valence-electron chi connectivity index (χ1n) is 5.37. The summed E-state index contributed by atoms with van der Waals surface area (Å²) in [6, 6.07) is 6.91. The highest BCUT2D eigenvalue weighted by Gasteiger charge is 2.24. The summed E-state index contributed by atoms with van der Waals surface area (Å²) in [5.41, 5.74) is 0. The Labute approximate surface area is 106 Å². The molecule has 0 radical (unpaired) electrons. The second kappa shape index (κ2) is 5.25. The molecular formula is C11H14ClNO3S. The minimum atomic E-state index is -2.91. The molecular weight excluding hydrogens is 262 g/mol. The minimum Gasteiger partial charge on any atom is -0.492 e. The van der Waals surface area contributed by atoms with Crippen molar-refractivity contribution in [2.24, 2.45) is 0 Å². The number of hydrogen-bond acceptors (Lipinski definition) is 4. The van der Waals surface area contributed by atoms with Gasteiger partial charge in [0.1, 0.15) is 12.4 Å². The molecule has 0 aliphatic carbocycles. The van der Waals surface area contributed by atoms with E-state index in [9.17, 15) is 8.42 Å². The van der Waals surface area contributed by atoms with Gasteiger partial charge in [-0.25, -0.2) is 8.42 Å². The average Bonchev–Trinajstić information content (AvgIpc) is 2.25. The summed E-state index contributed by atoms with van der Waals surface area (Å²) < 4.78 is 28.3. The molecule has 6 heteroatoms. The molecule has 0 saturated carbocycles. The van der Waals surface area contributed by atoms with Crippen LogP contribution in [0, 0.1) is 0 Å². The van der Waals surface area contributed by atoms with Crippen LogP contribution in [0.25, 0.3) is 0 Å². The fraction of sp³-hybridized carbons (Fsp3) is 0.455. The van der Waals surface area contributed by atoms with Crippen molar-refractivity contribution in [1.82, 2.24) is 5.32 Å². The summed E-state index contributed by atoms with van der Waals surface area (Å²) in [5, 5.41) is 3.73. The van der Waals surface area contributed by atoms with Gasteiger partial charge in [0.2, 0.25) is 0 Å². The van der Waals surface area contributed by atoms with Crippen LogP contribution < -0.4 is 10.1 Å². The van der Waals surface area contributed by atoms with Gasteiger partial charge in [-0.15, -0.1) is 0 Å². The molecule has 1 saturated heterocycles. The van der Waals surface area contributed by atoms with E-state index in [0.29, 0.717) is 23.9 Å². The third-order valence-corrected chi connectivity index (χ3v) is 4.52. The Bertz CT molecular complexity index is 489. The smallest absolute Gasteiger partial charge is 0.153 e. The summed E-state index contributed by atoms with van der Waals surface area (Å²) >= 11 is 5.82. The molecule has 1 heterocycles. The van der Waals surface area contributed by atoms with Crippen molar-refractivity contribution >= 4 is 21.4 Å². The van der Waals surface area contributed by atoms with Crippen molar-refractivity contribution in [2.75, 3.05) is 24.7 Å². The van der Waals surface area contributed by atoms with Crippen LogP contribution in [0.4, 0.5) is 0 Å². The van der Waals surface area contributed by atoms with Crippen molar-refractivity contribution in [3.63, 3.8) is 0 Å². The summed E-state index contributed by atoms with van der Waals surface area (Å²) in [4.78, 5) is 0. The Morgan fingerprint density at radius 2 is 2.29 bits per heavy atom. The largest absolute Gasteiger partial charge is 0.492 e. The van der Waals surface area contributed by atoms with Gasteiger partial charge >= 0.3 is 0 Å². The first kappa shape index (κ1) is 12.7. The number of halogens is 1. The maximum Gasteiger partial charge on any atom is 0.153 e. The van der Waals surface area contributed by atoms with Crippen LogP contribution in [0.5, 0.6) is 5.75 Å². The van der Waals surface area contributed by atoms with E-state index >= 15 is 0 Å². The van der Waals surface area contributed by atoms with E-state index in [4.69, 9.17) is 16.3 Å². The topological polar surface area (TPSA) is 55.4 Å². The molecule has 4 nitrogen and oxygen atoms in total. The predicted molar refractivity (Wildman–Crippen MR) is 67.4 cm³/mol. The highest BCUT2D eigenvalue weighted by molar-refractivity contribution is 7.91. The van der Waals surface area contributed by atoms with Crippen molar-refractivity contribution in [2.45, 2.75) is 6.04 Å². The van der Waals surface area contributed by atoms with E-state index < -0.39 is 9.84 Å². The molecule has 1 unspecified atom stereocenters. The van der Waals surface area contributed by atoms with Crippen LogP contribution >= 0.6 is 11.6 Å². The Balaban J connectivity index is 1.90. The Morgan fingerprint density at radius 3 is 3.00 bits per heavy atom. The van der Waals surface area contributed by atoms with Crippen molar-refractivity contribution in [1.29, 1.82) is 0 Å². The normalized spacial score (nSPS) is 23.2. The second-order valence-corrected chi connectivity index (χ2v) is 6.70. The zero-order chi connectivity index (χ0) is 12.3. The molecule has 0 amide bonds. The Morgan fingerprint density at radius 1 is 1.47 bits per heavy atom. The maximum absolute atomic E-state index is 11.4. The van der Waals surface area contributed by atoms with E-state index in [-0.39, 0.29) is 17.5 Å². The monoisotopic (exact) mass is 275 g/mol. The zero-order valence-electron chi connectivity index (χ0n) is 9.23. The minimum absolute atomic E-state index is 0.133. The summed E-state index contributed by atoms with van der Waals surface area (Å²) in [6.45, 7) is 0.825. The van der Waals surface area contributed by atoms with Gasteiger partial charge in [-0.05, 0) is 18.2 Å². The number of nitrogens with one attached hydrogen (secondary N) is 1. The molecule has 17 heavy (non-hydrogen) atoms. The SMILES string of the molecule is O=S1(=O)CCNC(COc2cccc(Cl)c2)C1. The number of ether oxygens (including phenoxy) is 1. The van der Waals surface area contributed by atoms with E-state index in [1.807, 2.05) is 0 Å². The molecule has 1 aromatic rings. The molecule has 1 aliphatic rings. The third-order valence-electron chi connectivity index (χ3n) is 2.55. The lowest BCUT2D eigenvalue weighted by Crippen LogP contribution is -2.48. The number of hydrogen-bond donors (Lipinski definition) is 1. The van der Waals surface area contributed by atoms with Crippen LogP contribution in [0.1, 0.15) is 0 Å². The number of benzene rings is 1. The molecule has 1 atom stereocenters. The standard InChI is InChI=1S/C11H14ClNO3S/c12-9-2-1-3-11(6-9)16-7-10-8-17(14,15)5-4-13-10/h1-3,6,10,13H,4-5,7-8H2. The summed E-state index contributed by atoms with van der Waals surface area (Å²) in [6.07, 6.45) is 0. The highest BCUT2D eigenvalue weighted by Crippen LogP contribution is 2.17. The maximum atomic E-state index is 11.4. The molecule has 1 aliphatic heterocycles. The second-order valence-electron chi connectivity index (χ2n) is 4.03. The number of rotatable bonds is 3. The van der Waals surface area contributed by atoms with Gasteiger partial charge in [-0.3, -0.25) is 0 Å². The van der Waals surface area contributed by atoms with Crippen LogP contribution in [0.15, 0.2) is 24.3 Å². The van der Waals surface area contributed by atoms with Gasteiger partial charge in [0.25, 0.3) is 0 Å².